The van der Waals surface area contributed by atoms with Gasteiger partial charge in [0.15, 0.2) is 11.5 Å². The molecule has 6 nitrogen and oxygen atoms in total. The van der Waals surface area contributed by atoms with Gasteiger partial charge in [-0.1, -0.05) is 6.07 Å². The van der Waals surface area contributed by atoms with E-state index in [4.69, 9.17) is 9.47 Å². The summed E-state index contributed by atoms with van der Waals surface area (Å²) in [4.78, 5) is 12.0. The number of nitrogens with one attached hydrogen (secondary N) is 1. The van der Waals surface area contributed by atoms with Crippen LogP contribution in [0.1, 0.15) is 23.4 Å². The van der Waals surface area contributed by atoms with Gasteiger partial charge in [-0.25, -0.2) is 0 Å². The summed E-state index contributed by atoms with van der Waals surface area (Å²) in [5.74, 6) is 1.41. The van der Waals surface area contributed by atoms with Gasteiger partial charge < -0.3 is 14.8 Å². The van der Waals surface area contributed by atoms with E-state index in [-0.39, 0.29) is 5.91 Å². The lowest BCUT2D eigenvalue weighted by Gasteiger charge is -2.10. The van der Waals surface area contributed by atoms with Gasteiger partial charge in [-0.3, -0.25) is 9.48 Å². The molecule has 1 heterocycles. The van der Waals surface area contributed by atoms with Gasteiger partial charge in [0.25, 0.3) is 0 Å². The summed E-state index contributed by atoms with van der Waals surface area (Å²) in [5, 5.41) is 7.35. The first kappa shape index (κ1) is 19.3. The van der Waals surface area contributed by atoms with Crippen LogP contribution in [-0.4, -0.2) is 36.5 Å². The lowest BCUT2D eigenvalue weighted by molar-refractivity contribution is -0.121. The molecule has 0 aliphatic rings. The summed E-state index contributed by atoms with van der Waals surface area (Å²) in [6.07, 6.45) is 1.14. The maximum atomic E-state index is 12.0. The van der Waals surface area contributed by atoms with Crippen LogP contribution in [0.5, 0.6) is 11.5 Å². The van der Waals surface area contributed by atoms with Gasteiger partial charge >= 0.3 is 0 Å². The minimum absolute atomic E-state index is 0.0177. The van der Waals surface area contributed by atoms with E-state index in [1.165, 1.54) is 0 Å². The number of hydrogen-bond acceptors (Lipinski definition) is 4. The Balaban J connectivity index is 1.79. The highest BCUT2D eigenvalue weighted by atomic mass is 79.9. The highest BCUT2D eigenvalue weighted by Crippen LogP contribution is 2.27. The van der Waals surface area contributed by atoms with Crippen molar-refractivity contribution in [2.45, 2.75) is 33.2 Å². The number of aromatic nitrogens is 2. The van der Waals surface area contributed by atoms with Gasteiger partial charge in [0.1, 0.15) is 0 Å². The molecule has 1 amide bonds. The van der Waals surface area contributed by atoms with E-state index in [2.05, 4.69) is 26.3 Å². The van der Waals surface area contributed by atoms with E-state index in [1.54, 1.807) is 14.2 Å². The van der Waals surface area contributed by atoms with Crippen LogP contribution in [0.25, 0.3) is 0 Å². The molecule has 0 unspecified atom stereocenters. The average molecular weight is 410 g/mol. The normalized spacial score (nSPS) is 10.6. The van der Waals surface area contributed by atoms with E-state index >= 15 is 0 Å². The van der Waals surface area contributed by atoms with Crippen LogP contribution in [0.4, 0.5) is 0 Å². The summed E-state index contributed by atoms with van der Waals surface area (Å²) in [6.45, 7) is 5.07. The number of aryl methyl sites for hydroxylation is 2. The van der Waals surface area contributed by atoms with Crippen LogP contribution in [0.3, 0.4) is 0 Å². The number of rotatable bonds is 8. The number of benzene rings is 1. The molecule has 0 saturated heterocycles. The monoisotopic (exact) mass is 409 g/mol. The van der Waals surface area contributed by atoms with Crippen molar-refractivity contribution in [1.82, 2.24) is 15.1 Å². The van der Waals surface area contributed by atoms with Crippen LogP contribution in [0, 0.1) is 13.8 Å². The van der Waals surface area contributed by atoms with E-state index in [9.17, 15) is 4.79 Å². The molecule has 2 aromatic rings. The molecule has 136 valence electrons. The Kier molecular flexibility index (Phi) is 6.87. The number of amides is 1. The molecule has 1 aromatic carbocycles. The first-order valence-electron chi connectivity index (χ1n) is 8.13. The van der Waals surface area contributed by atoms with Crippen molar-refractivity contribution < 1.29 is 14.3 Å². The zero-order valence-electron chi connectivity index (χ0n) is 15.1. The zero-order chi connectivity index (χ0) is 18.4. The lowest BCUT2D eigenvalue weighted by Crippen LogP contribution is -2.26. The van der Waals surface area contributed by atoms with Crippen molar-refractivity contribution in [3.8, 4) is 11.5 Å². The molecule has 25 heavy (non-hydrogen) atoms. The minimum Gasteiger partial charge on any atom is -0.493 e. The number of methoxy groups -OCH3 is 2. The molecule has 7 heteroatoms. The fraction of sp³-hybridized carbons (Fsp3) is 0.444. The predicted octanol–water partition coefficient (Wildman–Crippen LogP) is 3.03. The smallest absolute Gasteiger partial charge is 0.221 e. The third-order valence-electron chi connectivity index (χ3n) is 4.03. The van der Waals surface area contributed by atoms with E-state index < -0.39 is 0 Å². The van der Waals surface area contributed by atoms with Gasteiger partial charge in [-0.2, -0.15) is 5.10 Å². The Labute approximate surface area is 156 Å². The van der Waals surface area contributed by atoms with E-state index in [0.29, 0.717) is 31.0 Å². The lowest BCUT2D eigenvalue weighted by atomic mass is 10.1. The molecule has 0 bridgehead atoms. The van der Waals surface area contributed by atoms with Crippen LogP contribution >= 0.6 is 15.9 Å². The largest absolute Gasteiger partial charge is 0.493 e. The molecular formula is C18H24BrN3O3. The topological polar surface area (TPSA) is 65.4 Å². The number of nitrogens with zero attached hydrogens (tertiary/aromatic N) is 2. The quantitative estimate of drug-likeness (QED) is 0.727. The second-order valence-electron chi connectivity index (χ2n) is 5.75. The van der Waals surface area contributed by atoms with Crippen molar-refractivity contribution >= 4 is 21.8 Å². The number of hydrogen-bond donors (Lipinski definition) is 1. The first-order chi connectivity index (χ1) is 12.0. The second kappa shape index (κ2) is 8.89. The Morgan fingerprint density at radius 2 is 1.96 bits per heavy atom. The zero-order valence-corrected chi connectivity index (χ0v) is 16.6. The van der Waals surface area contributed by atoms with Crippen molar-refractivity contribution in [2.75, 3.05) is 20.8 Å². The third kappa shape index (κ3) is 4.98. The first-order valence-corrected chi connectivity index (χ1v) is 8.92. The Morgan fingerprint density at radius 3 is 2.56 bits per heavy atom. The van der Waals surface area contributed by atoms with Crippen molar-refractivity contribution in [3.05, 3.63) is 39.6 Å². The Morgan fingerprint density at radius 1 is 1.24 bits per heavy atom. The molecule has 0 radical (unpaired) electrons. The van der Waals surface area contributed by atoms with Crippen molar-refractivity contribution in [1.29, 1.82) is 0 Å². The molecule has 1 aromatic heterocycles. The highest BCUT2D eigenvalue weighted by molar-refractivity contribution is 9.10. The van der Waals surface area contributed by atoms with Crippen LogP contribution in [0.2, 0.25) is 0 Å². The number of carbonyl (C=O) groups excluding carboxylic acids is 1. The number of ether oxygens (including phenoxy) is 2. The third-order valence-corrected chi connectivity index (χ3v) is 5.18. The predicted molar refractivity (Wildman–Crippen MR) is 100 cm³/mol. The molecule has 0 atom stereocenters. The SMILES string of the molecule is COc1ccc(CCNC(=O)CCn2nc(C)c(Br)c2C)cc1OC. The molecule has 2 rings (SSSR count). The summed E-state index contributed by atoms with van der Waals surface area (Å²) in [6, 6.07) is 5.77. The summed E-state index contributed by atoms with van der Waals surface area (Å²) in [7, 11) is 3.22. The maximum absolute atomic E-state index is 12.0. The van der Waals surface area contributed by atoms with Crippen LogP contribution in [-0.2, 0) is 17.8 Å². The summed E-state index contributed by atoms with van der Waals surface area (Å²) in [5.41, 5.74) is 3.06. The molecule has 0 spiro atoms. The Bertz CT molecular complexity index is 743. The molecule has 1 N–H and O–H groups in total. The van der Waals surface area contributed by atoms with Gasteiger partial charge in [-0.05, 0) is 53.9 Å². The summed E-state index contributed by atoms with van der Waals surface area (Å²) >= 11 is 3.49. The molecule has 0 aliphatic carbocycles. The molecular weight excluding hydrogens is 386 g/mol. The van der Waals surface area contributed by atoms with Gasteiger partial charge in [-0.15, -0.1) is 0 Å². The number of carbonyl (C=O) groups is 1. The fourth-order valence-electron chi connectivity index (χ4n) is 2.57. The highest BCUT2D eigenvalue weighted by Gasteiger charge is 2.10. The Hall–Kier alpha value is -2.02. The second-order valence-corrected chi connectivity index (χ2v) is 6.54. The van der Waals surface area contributed by atoms with E-state index in [1.807, 2.05) is 36.7 Å². The standard InChI is InChI=1S/C18H24BrN3O3/c1-12-18(19)13(2)22(21-12)10-8-17(23)20-9-7-14-5-6-15(24-3)16(11-14)25-4/h5-6,11H,7-10H2,1-4H3,(H,20,23). The average Bonchev–Trinajstić information content (AvgIpc) is 2.86. The van der Waals surface area contributed by atoms with E-state index in [0.717, 1.165) is 27.8 Å². The van der Waals surface area contributed by atoms with Crippen LogP contribution in [0.15, 0.2) is 22.7 Å². The van der Waals surface area contributed by atoms with Gasteiger partial charge in [0.2, 0.25) is 5.91 Å². The number of halogens is 1. The van der Waals surface area contributed by atoms with Gasteiger partial charge in [0, 0.05) is 18.7 Å². The fourth-order valence-corrected chi connectivity index (χ4v) is 2.85. The van der Waals surface area contributed by atoms with Crippen molar-refractivity contribution in [2.24, 2.45) is 0 Å². The van der Waals surface area contributed by atoms with Gasteiger partial charge in [0.05, 0.1) is 30.9 Å². The maximum Gasteiger partial charge on any atom is 0.221 e. The summed E-state index contributed by atoms with van der Waals surface area (Å²) < 4.78 is 13.4. The molecule has 0 aliphatic heterocycles. The molecule has 0 fully saturated rings. The molecule has 0 saturated carbocycles. The van der Waals surface area contributed by atoms with Crippen molar-refractivity contribution in [3.63, 3.8) is 0 Å². The minimum atomic E-state index is 0.0177. The van der Waals surface area contributed by atoms with Crippen LogP contribution < -0.4 is 14.8 Å².